The zero-order chi connectivity index (χ0) is 18.7. The maximum atomic E-state index is 12.5. The van der Waals surface area contributed by atoms with Gasteiger partial charge < -0.3 is 19.7 Å². The number of carbonyl (C=O) groups excluding carboxylic acids is 1. The first kappa shape index (κ1) is 18.3. The van der Waals surface area contributed by atoms with Crippen LogP contribution in [0, 0.1) is 6.92 Å². The summed E-state index contributed by atoms with van der Waals surface area (Å²) in [5.74, 6) is 1.55. The van der Waals surface area contributed by atoms with E-state index in [1.807, 2.05) is 31.2 Å². The molecule has 5 heteroatoms. The summed E-state index contributed by atoms with van der Waals surface area (Å²) in [4.78, 5) is 13.8. The third kappa shape index (κ3) is 3.83. The molecule has 1 aliphatic heterocycles. The summed E-state index contributed by atoms with van der Waals surface area (Å²) in [5, 5.41) is 3.01. The molecule has 26 heavy (non-hydrogen) atoms. The standard InChI is InChI=1S/C21H26N2O3/c1-14-6-5-7-17(10-14)22-21(24)13-23-9-8-16-11-19(25-3)20(26-4)12-18(16)15(23)2/h5-7,10-12,15H,8-9,13H2,1-4H3,(H,22,24)/p+1/t15-/m1/s1. The zero-order valence-electron chi connectivity index (χ0n) is 15.9. The number of hydrogen-bond donors (Lipinski definition) is 2. The van der Waals surface area contributed by atoms with E-state index in [1.165, 1.54) is 16.0 Å². The number of hydrogen-bond acceptors (Lipinski definition) is 3. The van der Waals surface area contributed by atoms with E-state index in [4.69, 9.17) is 9.47 Å². The van der Waals surface area contributed by atoms with E-state index in [2.05, 4.69) is 24.4 Å². The molecule has 2 aromatic rings. The Morgan fingerprint density at radius 1 is 1.19 bits per heavy atom. The molecule has 0 aliphatic carbocycles. The van der Waals surface area contributed by atoms with Gasteiger partial charge in [-0.2, -0.15) is 0 Å². The van der Waals surface area contributed by atoms with Gasteiger partial charge in [0.1, 0.15) is 6.04 Å². The number of benzene rings is 2. The quantitative estimate of drug-likeness (QED) is 0.864. The minimum absolute atomic E-state index is 0.0429. The third-order valence-electron chi connectivity index (χ3n) is 5.13. The van der Waals surface area contributed by atoms with Gasteiger partial charge in [-0.15, -0.1) is 0 Å². The predicted molar refractivity (Wildman–Crippen MR) is 102 cm³/mol. The predicted octanol–water partition coefficient (Wildman–Crippen LogP) is 2.15. The van der Waals surface area contributed by atoms with Crippen LogP contribution in [0.3, 0.4) is 0 Å². The molecule has 2 atom stereocenters. The largest absolute Gasteiger partial charge is 0.493 e. The van der Waals surface area contributed by atoms with Crippen molar-refractivity contribution in [1.29, 1.82) is 0 Å². The van der Waals surface area contributed by atoms with Gasteiger partial charge in [0.15, 0.2) is 18.0 Å². The lowest BCUT2D eigenvalue weighted by Crippen LogP contribution is -3.14. The Bertz CT molecular complexity index is 804. The van der Waals surface area contributed by atoms with Crippen molar-refractivity contribution >= 4 is 11.6 Å². The lowest BCUT2D eigenvalue weighted by molar-refractivity contribution is -0.924. The van der Waals surface area contributed by atoms with E-state index in [-0.39, 0.29) is 11.9 Å². The second-order valence-corrected chi connectivity index (χ2v) is 6.88. The molecule has 2 aromatic carbocycles. The average Bonchev–Trinajstić information content (AvgIpc) is 2.63. The van der Waals surface area contributed by atoms with Crippen molar-refractivity contribution in [3.8, 4) is 11.5 Å². The first-order valence-electron chi connectivity index (χ1n) is 8.97. The molecule has 1 heterocycles. The highest BCUT2D eigenvalue weighted by atomic mass is 16.5. The van der Waals surface area contributed by atoms with E-state index in [0.717, 1.165) is 35.7 Å². The normalized spacial score (nSPS) is 18.8. The number of fused-ring (bicyclic) bond motifs is 1. The van der Waals surface area contributed by atoms with Gasteiger partial charge in [0.05, 0.1) is 20.8 Å². The van der Waals surface area contributed by atoms with Crippen molar-refractivity contribution in [2.24, 2.45) is 0 Å². The van der Waals surface area contributed by atoms with E-state index < -0.39 is 0 Å². The van der Waals surface area contributed by atoms with E-state index >= 15 is 0 Å². The third-order valence-corrected chi connectivity index (χ3v) is 5.13. The first-order chi connectivity index (χ1) is 12.5. The molecule has 0 spiro atoms. The molecule has 0 saturated heterocycles. The number of nitrogens with one attached hydrogen (secondary N) is 2. The molecule has 0 saturated carbocycles. The fraction of sp³-hybridized carbons (Fsp3) is 0.381. The Hall–Kier alpha value is -2.53. The number of rotatable bonds is 5. The highest BCUT2D eigenvalue weighted by molar-refractivity contribution is 5.91. The molecule has 0 aromatic heterocycles. The molecule has 1 unspecified atom stereocenters. The molecule has 0 fully saturated rings. The lowest BCUT2D eigenvalue weighted by atomic mass is 9.93. The van der Waals surface area contributed by atoms with Gasteiger partial charge in [0.2, 0.25) is 0 Å². The summed E-state index contributed by atoms with van der Waals surface area (Å²) >= 11 is 0. The van der Waals surface area contributed by atoms with Crippen LogP contribution in [0.25, 0.3) is 0 Å². The number of carbonyl (C=O) groups is 1. The Morgan fingerprint density at radius 3 is 2.62 bits per heavy atom. The molecular weight excluding hydrogens is 328 g/mol. The van der Waals surface area contributed by atoms with Gasteiger partial charge in [0.25, 0.3) is 5.91 Å². The van der Waals surface area contributed by atoms with Gasteiger partial charge in [-0.25, -0.2) is 0 Å². The lowest BCUT2D eigenvalue weighted by Gasteiger charge is -2.32. The zero-order valence-corrected chi connectivity index (χ0v) is 15.9. The monoisotopic (exact) mass is 355 g/mol. The smallest absolute Gasteiger partial charge is 0.279 e. The van der Waals surface area contributed by atoms with Crippen molar-refractivity contribution in [2.45, 2.75) is 26.3 Å². The van der Waals surface area contributed by atoms with Crippen LogP contribution in [0.4, 0.5) is 5.69 Å². The number of quaternary nitrogens is 1. The molecule has 1 amide bonds. The van der Waals surface area contributed by atoms with Crippen molar-refractivity contribution < 1.29 is 19.2 Å². The van der Waals surface area contributed by atoms with Gasteiger partial charge in [-0.3, -0.25) is 4.79 Å². The molecule has 3 rings (SSSR count). The SMILES string of the molecule is COc1cc2c(cc1OC)[C@@H](C)[NH+](CC(=O)Nc1cccc(C)c1)CC2. The van der Waals surface area contributed by atoms with Crippen molar-refractivity contribution in [3.63, 3.8) is 0 Å². The second kappa shape index (κ2) is 7.79. The van der Waals surface area contributed by atoms with Crippen LogP contribution in [-0.4, -0.2) is 33.2 Å². The van der Waals surface area contributed by atoms with Crippen LogP contribution >= 0.6 is 0 Å². The number of methoxy groups -OCH3 is 2. The average molecular weight is 355 g/mol. The van der Waals surface area contributed by atoms with Gasteiger partial charge in [-0.1, -0.05) is 12.1 Å². The van der Waals surface area contributed by atoms with Gasteiger partial charge in [-0.05, 0) is 49.2 Å². The van der Waals surface area contributed by atoms with E-state index in [9.17, 15) is 4.79 Å². The Morgan fingerprint density at radius 2 is 1.92 bits per heavy atom. The van der Waals surface area contributed by atoms with Crippen LogP contribution < -0.4 is 19.7 Å². The van der Waals surface area contributed by atoms with Crippen LogP contribution in [0.5, 0.6) is 11.5 Å². The highest BCUT2D eigenvalue weighted by Crippen LogP contribution is 2.33. The van der Waals surface area contributed by atoms with E-state index in [1.54, 1.807) is 14.2 Å². The Labute approximate surface area is 154 Å². The molecule has 0 radical (unpaired) electrons. The molecule has 0 bridgehead atoms. The van der Waals surface area contributed by atoms with Crippen molar-refractivity contribution in [2.75, 3.05) is 32.6 Å². The summed E-state index contributed by atoms with van der Waals surface area (Å²) in [6.07, 6.45) is 0.924. The summed E-state index contributed by atoms with van der Waals surface area (Å²) in [6, 6.07) is 12.2. The maximum Gasteiger partial charge on any atom is 0.279 e. The van der Waals surface area contributed by atoms with Crippen molar-refractivity contribution in [1.82, 2.24) is 0 Å². The fourth-order valence-electron chi connectivity index (χ4n) is 3.66. The number of anilines is 1. The second-order valence-electron chi connectivity index (χ2n) is 6.88. The van der Waals surface area contributed by atoms with Crippen molar-refractivity contribution in [3.05, 3.63) is 53.1 Å². The van der Waals surface area contributed by atoms with E-state index in [0.29, 0.717) is 6.54 Å². The van der Waals surface area contributed by atoms with Crippen LogP contribution in [0.15, 0.2) is 36.4 Å². The molecular formula is C21H27N2O3+. The summed E-state index contributed by atoms with van der Waals surface area (Å²) < 4.78 is 10.9. The Kier molecular flexibility index (Phi) is 5.47. The van der Waals surface area contributed by atoms with Crippen LogP contribution in [-0.2, 0) is 11.2 Å². The summed E-state index contributed by atoms with van der Waals surface area (Å²) in [5.41, 5.74) is 4.49. The number of amides is 1. The molecule has 1 aliphatic rings. The van der Waals surface area contributed by atoms with Crippen LogP contribution in [0.2, 0.25) is 0 Å². The number of aryl methyl sites for hydroxylation is 1. The minimum Gasteiger partial charge on any atom is -0.493 e. The molecule has 138 valence electrons. The topological polar surface area (TPSA) is 52.0 Å². The molecule has 5 nitrogen and oxygen atoms in total. The summed E-state index contributed by atoms with van der Waals surface area (Å²) in [6.45, 7) is 5.55. The molecule has 2 N–H and O–H groups in total. The van der Waals surface area contributed by atoms with Crippen LogP contribution in [0.1, 0.15) is 29.7 Å². The fourth-order valence-corrected chi connectivity index (χ4v) is 3.66. The number of ether oxygens (including phenoxy) is 2. The summed E-state index contributed by atoms with van der Waals surface area (Å²) in [7, 11) is 3.31. The Balaban J connectivity index is 1.72. The highest BCUT2D eigenvalue weighted by Gasteiger charge is 2.30. The van der Waals surface area contributed by atoms with Gasteiger partial charge >= 0.3 is 0 Å². The van der Waals surface area contributed by atoms with Gasteiger partial charge in [0, 0.05) is 17.7 Å². The first-order valence-corrected chi connectivity index (χ1v) is 8.97. The maximum absolute atomic E-state index is 12.5. The minimum atomic E-state index is 0.0429.